The van der Waals surface area contributed by atoms with Crippen LogP contribution in [0.25, 0.3) is 0 Å². The SMILES string of the molecule is OCCOC(CCO)CCO. The second-order valence-electron chi connectivity index (χ2n) is 2.24. The maximum Gasteiger partial charge on any atom is 0.0701 e. The van der Waals surface area contributed by atoms with Crippen molar-refractivity contribution in [1.82, 2.24) is 0 Å². The summed E-state index contributed by atoms with van der Waals surface area (Å²) in [5.74, 6) is 0. The minimum Gasteiger partial charge on any atom is -0.396 e. The van der Waals surface area contributed by atoms with Crippen LogP contribution in [0, 0.1) is 0 Å². The summed E-state index contributed by atoms with van der Waals surface area (Å²) in [6.45, 7) is 0.351. The van der Waals surface area contributed by atoms with E-state index in [1.807, 2.05) is 0 Å². The molecule has 0 rings (SSSR count). The van der Waals surface area contributed by atoms with Crippen molar-refractivity contribution in [3.05, 3.63) is 0 Å². The highest BCUT2D eigenvalue weighted by Crippen LogP contribution is 2.01. The summed E-state index contributed by atoms with van der Waals surface area (Å²) < 4.78 is 5.10. The predicted molar refractivity (Wildman–Crippen MR) is 40.2 cm³/mol. The average molecular weight is 164 g/mol. The van der Waals surface area contributed by atoms with Crippen LogP contribution in [0.1, 0.15) is 12.8 Å². The first kappa shape index (κ1) is 10.8. The minimum atomic E-state index is -0.128. The molecule has 0 saturated heterocycles. The fraction of sp³-hybridized carbons (Fsp3) is 1.00. The first-order valence-corrected chi connectivity index (χ1v) is 3.79. The zero-order valence-electron chi connectivity index (χ0n) is 6.57. The van der Waals surface area contributed by atoms with Gasteiger partial charge in [0.25, 0.3) is 0 Å². The molecule has 3 N–H and O–H groups in total. The van der Waals surface area contributed by atoms with Crippen molar-refractivity contribution in [1.29, 1.82) is 0 Å². The molecule has 0 atom stereocenters. The molecule has 0 spiro atoms. The van der Waals surface area contributed by atoms with Gasteiger partial charge in [-0.2, -0.15) is 0 Å². The van der Waals surface area contributed by atoms with Gasteiger partial charge in [-0.25, -0.2) is 0 Å². The summed E-state index contributed by atoms with van der Waals surface area (Å²) in [6, 6.07) is 0. The van der Waals surface area contributed by atoms with Gasteiger partial charge in [0.2, 0.25) is 0 Å². The molecule has 68 valence electrons. The van der Waals surface area contributed by atoms with E-state index in [1.54, 1.807) is 0 Å². The smallest absolute Gasteiger partial charge is 0.0701 e. The lowest BCUT2D eigenvalue weighted by Crippen LogP contribution is -2.18. The van der Waals surface area contributed by atoms with E-state index in [-0.39, 0.29) is 32.5 Å². The topological polar surface area (TPSA) is 69.9 Å². The van der Waals surface area contributed by atoms with Gasteiger partial charge in [-0.1, -0.05) is 0 Å². The maximum absolute atomic E-state index is 8.54. The number of rotatable bonds is 7. The third-order valence-electron chi connectivity index (χ3n) is 1.35. The highest BCUT2D eigenvalue weighted by Gasteiger charge is 2.06. The van der Waals surface area contributed by atoms with Gasteiger partial charge < -0.3 is 20.1 Å². The van der Waals surface area contributed by atoms with E-state index < -0.39 is 0 Å². The first-order chi connectivity index (χ1) is 5.35. The van der Waals surface area contributed by atoms with Crippen LogP contribution in [0.15, 0.2) is 0 Å². The molecule has 0 bridgehead atoms. The van der Waals surface area contributed by atoms with E-state index in [2.05, 4.69) is 0 Å². The Morgan fingerprint density at radius 1 is 0.909 bits per heavy atom. The Labute approximate surface area is 66.4 Å². The molecule has 0 amide bonds. The molecule has 0 aromatic heterocycles. The number of ether oxygens (including phenoxy) is 1. The van der Waals surface area contributed by atoms with Crippen LogP contribution in [-0.4, -0.2) is 47.9 Å². The summed E-state index contributed by atoms with van der Waals surface area (Å²) in [7, 11) is 0. The van der Waals surface area contributed by atoms with Crippen molar-refractivity contribution in [2.75, 3.05) is 26.4 Å². The molecule has 0 aromatic carbocycles. The summed E-state index contributed by atoms with van der Waals surface area (Å²) in [4.78, 5) is 0. The number of aliphatic hydroxyl groups excluding tert-OH is 3. The standard InChI is InChI=1S/C7H16O4/c8-3-1-7(2-4-9)11-6-5-10/h7-10H,1-6H2. The second kappa shape index (κ2) is 7.94. The zero-order chi connectivity index (χ0) is 8.53. The van der Waals surface area contributed by atoms with E-state index >= 15 is 0 Å². The molecule has 0 aliphatic rings. The van der Waals surface area contributed by atoms with Crippen molar-refractivity contribution in [3.63, 3.8) is 0 Å². The Hall–Kier alpha value is -0.160. The lowest BCUT2D eigenvalue weighted by molar-refractivity contribution is 0.00274. The van der Waals surface area contributed by atoms with E-state index in [4.69, 9.17) is 20.1 Å². The molecule has 0 unspecified atom stereocenters. The van der Waals surface area contributed by atoms with Gasteiger partial charge in [-0.15, -0.1) is 0 Å². The number of hydrogen-bond donors (Lipinski definition) is 3. The molecule has 0 aromatic rings. The van der Waals surface area contributed by atoms with Gasteiger partial charge in [0.15, 0.2) is 0 Å². The van der Waals surface area contributed by atoms with Gasteiger partial charge >= 0.3 is 0 Å². The zero-order valence-corrected chi connectivity index (χ0v) is 6.57. The Morgan fingerprint density at radius 3 is 1.82 bits per heavy atom. The molecule has 0 aliphatic carbocycles. The minimum absolute atomic E-state index is 0.0205. The molecule has 0 radical (unpaired) electrons. The van der Waals surface area contributed by atoms with Crippen molar-refractivity contribution in [2.24, 2.45) is 0 Å². The van der Waals surface area contributed by atoms with Gasteiger partial charge in [-0.05, 0) is 12.8 Å². The van der Waals surface area contributed by atoms with Crippen molar-refractivity contribution >= 4 is 0 Å². The Morgan fingerprint density at radius 2 is 1.45 bits per heavy atom. The fourth-order valence-corrected chi connectivity index (χ4v) is 0.818. The molecule has 4 heteroatoms. The molecular formula is C7H16O4. The van der Waals surface area contributed by atoms with Crippen LogP contribution in [0.4, 0.5) is 0 Å². The number of hydrogen-bond acceptors (Lipinski definition) is 4. The normalized spacial score (nSPS) is 10.9. The monoisotopic (exact) mass is 164 g/mol. The molecule has 0 heterocycles. The third-order valence-corrected chi connectivity index (χ3v) is 1.35. The van der Waals surface area contributed by atoms with Crippen molar-refractivity contribution in [2.45, 2.75) is 18.9 Å². The third kappa shape index (κ3) is 6.25. The van der Waals surface area contributed by atoms with E-state index in [9.17, 15) is 0 Å². The largest absolute Gasteiger partial charge is 0.396 e. The summed E-state index contributed by atoms with van der Waals surface area (Å²) in [5, 5.41) is 25.5. The first-order valence-electron chi connectivity index (χ1n) is 3.79. The highest BCUT2D eigenvalue weighted by atomic mass is 16.5. The summed E-state index contributed by atoms with van der Waals surface area (Å²) in [5.41, 5.74) is 0. The van der Waals surface area contributed by atoms with Gasteiger partial charge in [-0.3, -0.25) is 0 Å². The molecular weight excluding hydrogens is 148 g/mol. The van der Waals surface area contributed by atoms with Gasteiger partial charge in [0, 0.05) is 13.2 Å². The lowest BCUT2D eigenvalue weighted by Gasteiger charge is -2.14. The second-order valence-corrected chi connectivity index (χ2v) is 2.24. The van der Waals surface area contributed by atoms with Crippen LogP contribution in [0.2, 0.25) is 0 Å². The van der Waals surface area contributed by atoms with E-state index in [0.717, 1.165) is 0 Å². The van der Waals surface area contributed by atoms with Crippen LogP contribution < -0.4 is 0 Å². The van der Waals surface area contributed by atoms with Gasteiger partial charge in [0.1, 0.15) is 0 Å². The number of aliphatic hydroxyl groups is 3. The van der Waals surface area contributed by atoms with Crippen molar-refractivity contribution in [3.8, 4) is 0 Å². The molecule has 0 aliphatic heterocycles. The van der Waals surface area contributed by atoms with Crippen LogP contribution in [-0.2, 0) is 4.74 Å². The molecule has 0 fully saturated rings. The molecule has 11 heavy (non-hydrogen) atoms. The summed E-state index contributed by atoms with van der Waals surface area (Å²) >= 11 is 0. The Kier molecular flexibility index (Phi) is 7.83. The molecule has 0 saturated carbocycles. The molecule has 4 nitrogen and oxygen atoms in total. The maximum atomic E-state index is 8.54. The fourth-order valence-electron chi connectivity index (χ4n) is 0.818. The lowest BCUT2D eigenvalue weighted by atomic mass is 10.2. The summed E-state index contributed by atoms with van der Waals surface area (Å²) in [6.07, 6.45) is 0.901. The highest BCUT2D eigenvalue weighted by molar-refractivity contribution is 4.56. The van der Waals surface area contributed by atoms with E-state index in [0.29, 0.717) is 12.8 Å². The van der Waals surface area contributed by atoms with E-state index in [1.165, 1.54) is 0 Å². The quantitative estimate of drug-likeness (QED) is 0.457. The van der Waals surface area contributed by atoms with Crippen LogP contribution in [0.5, 0.6) is 0 Å². The Bertz CT molecular complexity index is 70.8. The Balaban J connectivity index is 3.34. The van der Waals surface area contributed by atoms with Crippen LogP contribution in [0.3, 0.4) is 0 Å². The predicted octanol–water partition coefficient (Wildman–Crippen LogP) is -0.871. The van der Waals surface area contributed by atoms with Crippen molar-refractivity contribution < 1.29 is 20.1 Å². The van der Waals surface area contributed by atoms with Crippen LogP contribution >= 0.6 is 0 Å². The van der Waals surface area contributed by atoms with Gasteiger partial charge in [0.05, 0.1) is 19.3 Å². The average Bonchev–Trinajstić information content (AvgIpc) is 2.01.